The van der Waals surface area contributed by atoms with Crippen molar-refractivity contribution in [2.24, 2.45) is 23.5 Å². The number of aliphatic hydroxyl groups excluding tert-OH is 4. The van der Waals surface area contributed by atoms with Crippen molar-refractivity contribution < 1.29 is 78.5 Å². The van der Waals surface area contributed by atoms with Gasteiger partial charge in [-0.3, -0.25) is 33.5 Å². The van der Waals surface area contributed by atoms with Crippen LogP contribution in [0.2, 0.25) is 0 Å². The molecule has 0 unspecified atom stereocenters. The van der Waals surface area contributed by atoms with Crippen molar-refractivity contribution in [3.05, 3.63) is 46.2 Å². The van der Waals surface area contributed by atoms with Gasteiger partial charge in [0.1, 0.15) is 52.7 Å². The van der Waals surface area contributed by atoms with Gasteiger partial charge in [-0.1, -0.05) is 25.5 Å². The standard InChI is InChI=1S/C22H24N2O8.C18H34ClN2O8PS/c1-21(31)8-5-4-6-11(25)12(8)16(26)13-9(21)7-10-15(24(2)3)17(27)14(20(23)30)19(29)22(10,32)18(13)28;1-5-6-10-7-11(21(3)8-10)17(24)20-12(9(2)19)15-13(22)14(23)16(18(28-15)31-4)29-30(25,26)27/h4-6,9-10,15,25-26,29,31-32H,7H2,1-3H3,(H2,23,30);9-16,18,22-23H,5-8H2,1-4H3,(H,20,24)(H2,25,26,27)/t9-,10-,15-,21+,22-;9-,10+,11-,12+,13+,14-,15+,16+,18+/m00/s1. The van der Waals surface area contributed by atoms with Crippen LogP contribution in [0.25, 0.3) is 5.76 Å². The summed E-state index contributed by atoms with van der Waals surface area (Å²) in [5, 5.41) is 78.3. The van der Waals surface area contributed by atoms with Gasteiger partial charge < -0.3 is 61.3 Å². The van der Waals surface area contributed by atoms with Gasteiger partial charge in [0.2, 0.25) is 11.7 Å². The van der Waals surface area contributed by atoms with Crippen LogP contribution in [0.4, 0.5) is 0 Å². The van der Waals surface area contributed by atoms with Crippen LogP contribution in [0.1, 0.15) is 57.6 Å². The summed E-state index contributed by atoms with van der Waals surface area (Å²) < 4.78 is 21.7. The number of likely N-dealkylation sites (N-methyl/N-ethyl adjacent to an activating group) is 2. The van der Waals surface area contributed by atoms with Crippen molar-refractivity contribution in [1.29, 1.82) is 0 Å². The van der Waals surface area contributed by atoms with Gasteiger partial charge in [-0.2, -0.15) is 0 Å². The van der Waals surface area contributed by atoms with Crippen LogP contribution in [0.15, 0.2) is 35.1 Å². The lowest BCUT2D eigenvalue weighted by molar-refractivity contribution is -0.201. The number of hydrogen-bond acceptors (Lipinski definition) is 17. The van der Waals surface area contributed by atoms with Gasteiger partial charge in [-0.15, -0.1) is 23.4 Å². The molecular weight excluding hydrogens is 891 g/mol. The molecule has 6 rings (SSSR count). The Kier molecular flexibility index (Phi) is 15.3. The summed E-state index contributed by atoms with van der Waals surface area (Å²) >= 11 is 7.38. The monoisotopic (exact) mass is 948 g/mol. The lowest BCUT2D eigenvalue weighted by Gasteiger charge is -2.53. The van der Waals surface area contributed by atoms with E-state index in [2.05, 4.69) is 16.8 Å². The highest BCUT2D eigenvalue weighted by Gasteiger charge is 2.66. The fourth-order valence-corrected chi connectivity index (χ4v) is 11.4. The molecule has 3 fully saturated rings. The summed E-state index contributed by atoms with van der Waals surface area (Å²) in [6.07, 6.45) is -1.57. The number of rotatable bonds is 11. The molecule has 3 aliphatic carbocycles. The summed E-state index contributed by atoms with van der Waals surface area (Å²) in [5.74, 6) is -7.70. The largest absolute Gasteiger partial charge is 0.508 e. The average Bonchev–Trinajstić information content (AvgIpc) is 3.55. The number of aliphatic hydroxyl groups is 6. The van der Waals surface area contributed by atoms with E-state index in [1.807, 2.05) is 11.9 Å². The summed E-state index contributed by atoms with van der Waals surface area (Å²) in [6, 6.07) is 1.84. The van der Waals surface area contributed by atoms with Crippen molar-refractivity contribution in [2.45, 2.75) is 111 Å². The number of aromatic hydroxyl groups is 1. The predicted molar refractivity (Wildman–Crippen MR) is 228 cm³/mol. The minimum absolute atomic E-state index is 0.170. The maximum atomic E-state index is 13.7. The number of likely N-dealkylation sites (tertiary alicyclic amines) is 1. The van der Waals surface area contributed by atoms with Crippen LogP contribution in [0.3, 0.4) is 0 Å². The van der Waals surface area contributed by atoms with Gasteiger partial charge in [0.25, 0.3) is 5.91 Å². The smallest absolute Gasteiger partial charge is 0.470 e. The molecule has 0 spiro atoms. The number of phenols is 1. The number of thioether (sulfide) groups is 1. The highest BCUT2D eigenvalue weighted by atomic mass is 35.5. The van der Waals surface area contributed by atoms with E-state index in [1.165, 1.54) is 44.1 Å². The van der Waals surface area contributed by atoms with Gasteiger partial charge in [0, 0.05) is 24.0 Å². The number of nitrogens with one attached hydrogen (secondary N) is 1. The molecule has 20 nitrogen and oxygen atoms in total. The quantitative estimate of drug-likeness (QED) is 0.0798. The van der Waals surface area contributed by atoms with Crippen LogP contribution in [0, 0.1) is 17.8 Å². The number of fused-ring (bicyclic) bond motifs is 3. The van der Waals surface area contributed by atoms with E-state index in [0.29, 0.717) is 5.92 Å². The second-order valence-corrected chi connectivity index (χ2v) is 20.1. The maximum absolute atomic E-state index is 13.7. The van der Waals surface area contributed by atoms with Gasteiger partial charge >= 0.3 is 7.82 Å². The minimum atomic E-state index is -4.93. The van der Waals surface area contributed by atoms with E-state index in [1.54, 1.807) is 13.2 Å². The number of phenolic OH excluding ortho intramolecular Hbond substituents is 1. The molecule has 2 amide bonds. The third-order valence-electron chi connectivity index (χ3n) is 12.9. The number of phosphoric acid groups is 1. The minimum Gasteiger partial charge on any atom is -0.508 e. The van der Waals surface area contributed by atoms with Crippen molar-refractivity contribution >= 4 is 60.3 Å². The zero-order valence-corrected chi connectivity index (χ0v) is 38.3. The predicted octanol–water partition coefficient (Wildman–Crippen LogP) is 0.136. The Hall–Kier alpha value is -3.15. The maximum Gasteiger partial charge on any atom is 0.470 e. The summed E-state index contributed by atoms with van der Waals surface area (Å²) in [6.45, 7) is 5.97. The first kappa shape index (κ1) is 50.8. The first-order valence-electron chi connectivity index (χ1n) is 20.3. The number of carbonyl (C=O) groups is 4. The number of benzene rings is 1. The number of amides is 2. The van der Waals surface area contributed by atoms with Crippen LogP contribution in [0.5, 0.6) is 5.75 Å². The molecule has 0 radical (unpaired) electrons. The van der Waals surface area contributed by atoms with E-state index in [0.717, 1.165) is 37.6 Å². The Labute approximate surface area is 373 Å². The van der Waals surface area contributed by atoms with Crippen LogP contribution in [-0.2, 0) is 38.6 Å². The fraction of sp³-hybridized carbons (Fsp3) is 0.650. The molecule has 1 aromatic carbocycles. The molecule has 2 aliphatic heterocycles. The zero-order valence-electron chi connectivity index (χ0n) is 35.8. The number of halogens is 1. The summed E-state index contributed by atoms with van der Waals surface area (Å²) in [7, 11) is -0.0341. The summed E-state index contributed by atoms with van der Waals surface area (Å²) in [5.41, 5.74) is -1.54. The molecule has 0 aromatic heterocycles. The molecule has 12 N–H and O–H groups in total. The van der Waals surface area contributed by atoms with E-state index >= 15 is 0 Å². The number of ether oxygens (including phenoxy) is 1. The van der Waals surface area contributed by atoms with Crippen molar-refractivity contribution in [3.8, 4) is 5.75 Å². The van der Waals surface area contributed by atoms with Crippen LogP contribution >= 0.6 is 31.2 Å². The molecule has 2 saturated heterocycles. The Morgan fingerprint density at radius 2 is 1.78 bits per heavy atom. The van der Waals surface area contributed by atoms with Crippen molar-refractivity contribution in [1.82, 2.24) is 15.1 Å². The highest BCUT2D eigenvalue weighted by molar-refractivity contribution is 7.99. The van der Waals surface area contributed by atoms with Gasteiger partial charge in [0.05, 0.1) is 34.7 Å². The number of nitrogens with two attached hydrogens (primary N) is 1. The number of phosphoric ester groups is 1. The number of primary amides is 1. The third-order valence-corrected chi connectivity index (χ3v) is 14.5. The number of ketones is 2. The number of carbonyl (C=O) groups excluding carboxylic acids is 4. The molecule has 1 aromatic rings. The molecular formula is C40H58ClN4O16PS. The normalized spacial score (nSPS) is 35.6. The third kappa shape index (κ3) is 9.32. The molecule has 352 valence electrons. The van der Waals surface area contributed by atoms with E-state index in [4.69, 9.17) is 31.9 Å². The Morgan fingerprint density at radius 3 is 2.32 bits per heavy atom. The highest BCUT2D eigenvalue weighted by Crippen LogP contribution is 2.57. The summed E-state index contributed by atoms with van der Waals surface area (Å²) in [4.78, 5) is 73.2. The van der Waals surface area contributed by atoms with Crippen LogP contribution in [-0.4, -0.2) is 172 Å². The molecule has 0 bridgehead atoms. The van der Waals surface area contributed by atoms with Crippen molar-refractivity contribution in [3.63, 3.8) is 0 Å². The second kappa shape index (κ2) is 19.0. The van der Waals surface area contributed by atoms with E-state index < -0.39 is 124 Å². The molecule has 5 aliphatic rings. The molecule has 14 atom stereocenters. The zero-order chi connectivity index (χ0) is 47.4. The van der Waals surface area contributed by atoms with E-state index in [-0.39, 0.29) is 29.5 Å². The fourth-order valence-electron chi connectivity index (χ4n) is 9.87. The van der Waals surface area contributed by atoms with Gasteiger partial charge in [-0.05, 0) is 78.1 Å². The lowest BCUT2D eigenvalue weighted by atomic mass is 9.54. The number of nitrogens with zero attached hydrogens (tertiary/aromatic N) is 2. The Morgan fingerprint density at radius 1 is 1.14 bits per heavy atom. The number of Topliss-reactive ketones (excluding diaryl/α,β-unsaturated/α-hetero) is 2. The van der Waals surface area contributed by atoms with Crippen LogP contribution < -0.4 is 11.1 Å². The Bertz CT molecular complexity index is 2080. The Balaban J connectivity index is 0.000000238. The first-order valence-corrected chi connectivity index (χ1v) is 23.5. The van der Waals surface area contributed by atoms with Gasteiger partial charge in [0.15, 0.2) is 11.4 Å². The molecule has 1 saturated carbocycles. The number of alkyl halides is 1. The first-order chi connectivity index (χ1) is 29.2. The molecule has 2 heterocycles. The second-order valence-electron chi connectivity index (χ2n) is 17.3. The van der Waals surface area contributed by atoms with E-state index in [9.17, 15) is 59.5 Å². The average molecular weight is 949 g/mol. The lowest BCUT2D eigenvalue weighted by Crippen LogP contribution is -2.67. The topological polar surface area (TPSA) is 330 Å². The van der Waals surface area contributed by atoms with Gasteiger partial charge in [-0.25, -0.2) is 4.57 Å². The molecule has 63 heavy (non-hydrogen) atoms. The SMILES string of the molecule is CCC[C@@H]1C[C@@H](C(=O)N[C@@H]([C@H]2O[C@H](SC)[C@H](OP(=O)(O)O)[C@@H](O)[C@H]2O)[C@H](C)Cl)N(C)C1.CN(C)[C@@H]1C(=O)C(C(N)=O)=C(O)[C@@]2(O)C(=O)C3=C(O)c4c(O)cccc4[C@@](C)(O)[C@H]3C[C@@H]12. The molecule has 23 heteroatoms. The van der Waals surface area contributed by atoms with Crippen molar-refractivity contribution in [2.75, 3.05) is 33.9 Å². The number of hydrogen-bond donors (Lipinski definition) is 11.